The van der Waals surface area contributed by atoms with Crippen LogP contribution in [0.4, 0.5) is 5.69 Å². The van der Waals surface area contributed by atoms with Gasteiger partial charge in [-0.3, -0.25) is 4.79 Å². The zero-order valence-electron chi connectivity index (χ0n) is 14.4. The van der Waals surface area contributed by atoms with Crippen LogP contribution in [0.2, 0.25) is 0 Å². The Labute approximate surface area is 149 Å². The predicted molar refractivity (Wildman–Crippen MR) is 93.9 cm³/mol. The molecule has 0 aliphatic carbocycles. The molecule has 26 heavy (non-hydrogen) atoms. The molecule has 0 spiro atoms. The first kappa shape index (κ1) is 16.1. The number of ether oxygens (including phenoxy) is 2. The summed E-state index contributed by atoms with van der Waals surface area (Å²) in [5, 5.41) is 15.0. The average Bonchev–Trinajstić information content (AvgIpc) is 3.26. The van der Waals surface area contributed by atoms with Gasteiger partial charge in [0, 0.05) is 11.3 Å². The number of rotatable bonds is 4. The molecule has 132 valence electrons. The van der Waals surface area contributed by atoms with E-state index in [2.05, 4.69) is 20.7 Å². The Kier molecular flexibility index (Phi) is 4.00. The van der Waals surface area contributed by atoms with E-state index in [1.807, 2.05) is 38.1 Å². The van der Waals surface area contributed by atoms with Crippen molar-refractivity contribution in [1.29, 1.82) is 0 Å². The van der Waals surface area contributed by atoms with E-state index in [0.29, 0.717) is 17.3 Å². The molecule has 4 rings (SSSR count). The molecule has 0 fully saturated rings. The zero-order valence-corrected chi connectivity index (χ0v) is 14.4. The van der Waals surface area contributed by atoms with E-state index in [-0.39, 0.29) is 19.2 Å². The third-order valence-corrected chi connectivity index (χ3v) is 4.16. The SMILES string of the molecule is Cc1ccc(NC(=O)Cn2nnc(-c3ccc4c(c3)OCO4)n2)cc1C. The van der Waals surface area contributed by atoms with Gasteiger partial charge in [-0.1, -0.05) is 6.07 Å². The van der Waals surface area contributed by atoms with Crippen LogP contribution in [-0.2, 0) is 11.3 Å². The van der Waals surface area contributed by atoms with E-state index in [1.165, 1.54) is 10.4 Å². The minimum atomic E-state index is -0.220. The van der Waals surface area contributed by atoms with E-state index in [1.54, 1.807) is 12.1 Å². The number of benzene rings is 2. The molecule has 1 N–H and O–H groups in total. The molecule has 0 saturated heterocycles. The molecule has 8 nitrogen and oxygen atoms in total. The molecule has 0 saturated carbocycles. The summed E-state index contributed by atoms with van der Waals surface area (Å²) in [4.78, 5) is 13.5. The first-order valence-corrected chi connectivity index (χ1v) is 8.13. The van der Waals surface area contributed by atoms with Crippen LogP contribution < -0.4 is 14.8 Å². The van der Waals surface area contributed by atoms with Crippen LogP contribution in [0, 0.1) is 13.8 Å². The first-order chi connectivity index (χ1) is 12.6. The maximum Gasteiger partial charge on any atom is 0.248 e. The van der Waals surface area contributed by atoms with Crippen LogP contribution in [0.15, 0.2) is 36.4 Å². The summed E-state index contributed by atoms with van der Waals surface area (Å²) in [6.45, 7) is 4.21. The van der Waals surface area contributed by atoms with Crippen molar-refractivity contribution in [2.45, 2.75) is 20.4 Å². The normalized spacial score (nSPS) is 12.2. The van der Waals surface area contributed by atoms with Gasteiger partial charge in [0.25, 0.3) is 0 Å². The molecule has 1 aromatic heterocycles. The van der Waals surface area contributed by atoms with E-state index in [9.17, 15) is 4.79 Å². The molecule has 1 aliphatic rings. The maximum atomic E-state index is 12.2. The largest absolute Gasteiger partial charge is 0.454 e. The smallest absolute Gasteiger partial charge is 0.248 e. The molecule has 1 amide bonds. The van der Waals surface area contributed by atoms with Crippen LogP contribution in [0.5, 0.6) is 11.5 Å². The van der Waals surface area contributed by atoms with Crippen molar-refractivity contribution in [2.24, 2.45) is 0 Å². The number of nitrogens with one attached hydrogen (secondary N) is 1. The minimum absolute atomic E-state index is 0.0233. The fourth-order valence-electron chi connectivity index (χ4n) is 2.61. The summed E-state index contributed by atoms with van der Waals surface area (Å²) >= 11 is 0. The highest BCUT2D eigenvalue weighted by atomic mass is 16.7. The lowest BCUT2D eigenvalue weighted by molar-refractivity contribution is -0.117. The summed E-state index contributed by atoms with van der Waals surface area (Å²) in [7, 11) is 0. The van der Waals surface area contributed by atoms with Crippen molar-refractivity contribution < 1.29 is 14.3 Å². The Bertz CT molecular complexity index is 983. The number of tetrazole rings is 1. The quantitative estimate of drug-likeness (QED) is 0.776. The fraction of sp³-hybridized carbons (Fsp3) is 0.222. The standard InChI is InChI=1S/C18H17N5O3/c1-11-3-5-14(7-12(11)2)19-17(24)9-23-21-18(20-22-23)13-4-6-15-16(8-13)26-10-25-15/h3-8H,9-10H2,1-2H3,(H,19,24). The molecule has 0 atom stereocenters. The van der Waals surface area contributed by atoms with E-state index in [4.69, 9.17) is 9.47 Å². The number of amides is 1. The summed E-state index contributed by atoms with van der Waals surface area (Å²) in [6.07, 6.45) is 0. The highest BCUT2D eigenvalue weighted by Crippen LogP contribution is 2.34. The van der Waals surface area contributed by atoms with E-state index < -0.39 is 0 Å². The number of anilines is 1. The molecule has 2 heterocycles. The lowest BCUT2D eigenvalue weighted by Crippen LogP contribution is -2.20. The summed E-state index contributed by atoms with van der Waals surface area (Å²) in [6, 6.07) is 11.2. The molecule has 0 bridgehead atoms. The Morgan fingerprint density at radius 3 is 2.81 bits per heavy atom. The van der Waals surface area contributed by atoms with Gasteiger partial charge in [-0.2, -0.15) is 4.80 Å². The molecule has 3 aromatic rings. The van der Waals surface area contributed by atoms with Crippen molar-refractivity contribution in [3.8, 4) is 22.9 Å². The Morgan fingerprint density at radius 2 is 1.96 bits per heavy atom. The summed E-state index contributed by atoms with van der Waals surface area (Å²) < 4.78 is 10.6. The van der Waals surface area contributed by atoms with Crippen molar-refractivity contribution >= 4 is 11.6 Å². The molecule has 0 unspecified atom stereocenters. The topological polar surface area (TPSA) is 91.2 Å². The van der Waals surface area contributed by atoms with E-state index in [0.717, 1.165) is 16.8 Å². The molecular formula is C18H17N5O3. The second-order valence-corrected chi connectivity index (χ2v) is 6.06. The second-order valence-electron chi connectivity index (χ2n) is 6.06. The number of hydrogen-bond donors (Lipinski definition) is 1. The number of nitrogens with zero attached hydrogens (tertiary/aromatic N) is 4. The lowest BCUT2D eigenvalue weighted by Gasteiger charge is -2.07. The average molecular weight is 351 g/mol. The summed E-state index contributed by atoms with van der Waals surface area (Å²) in [5.74, 6) is 1.53. The summed E-state index contributed by atoms with van der Waals surface area (Å²) in [5.41, 5.74) is 3.78. The van der Waals surface area contributed by atoms with Crippen LogP contribution in [-0.4, -0.2) is 32.9 Å². The number of fused-ring (bicyclic) bond motifs is 1. The van der Waals surface area contributed by atoms with Crippen LogP contribution in [0.1, 0.15) is 11.1 Å². The highest BCUT2D eigenvalue weighted by Gasteiger charge is 2.16. The van der Waals surface area contributed by atoms with Crippen LogP contribution in [0.25, 0.3) is 11.4 Å². The van der Waals surface area contributed by atoms with Crippen molar-refractivity contribution in [3.05, 3.63) is 47.5 Å². The molecule has 1 aliphatic heterocycles. The fourth-order valence-corrected chi connectivity index (χ4v) is 2.61. The van der Waals surface area contributed by atoms with Gasteiger partial charge in [0.1, 0.15) is 6.54 Å². The van der Waals surface area contributed by atoms with Gasteiger partial charge in [-0.25, -0.2) is 0 Å². The van der Waals surface area contributed by atoms with Gasteiger partial charge in [-0.15, -0.1) is 10.2 Å². The third kappa shape index (κ3) is 3.21. The second kappa shape index (κ2) is 6.47. The third-order valence-electron chi connectivity index (χ3n) is 4.16. The van der Waals surface area contributed by atoms with Crippen LogP contribution >= 0.6 is 0 Å². The molecule has 0 radical (unpaired) electrons. The monoisotopic (exact) mass is 351 g/mol. The Hall–Kier alpha value is -3.42. The van der Waals surface area contributed by atoms with Crippen molar-refractivity contribution in [3.63, 3.8) is 0 Å². The molecular weight excluding hydrogens is 334 g/mol. The first-order valence-electron chi connectivity index (χ1n) is 8.13. The van der Waals surface area contributed by atoms with Gasteiger partial charge in [0.2, 0.25) is 18.5 Å². The predicted octanol–water partition coefficient (Wildman–Crippen LogP) is 2.32. The van der Waals surface area contributed by atoms with Gasteiger partial charge in [0.15, 0.2) is 11.5 Å². The van der Waals surface area contributed by atoms with Crippen LogP contribution in [0.3, 0.4) is 0 Å². The maximum absolute atomic E-state index is 12.2. The lowest BCUT2D eigenvalue weighted by atomic mass is 10.1. The zero-order chi connectivity index (χ0) is 18.1. The number of carbonyl (C=O) groups excluding carboxylic acids is 1. The minimum Gasteiger partial charge on any atom is -0.454 e. The van der Waals surface area contributed by atoms with Gasteiger partial charge in [0.05, 0.1) is 0 Å². The number of aromatic nitrogens is 4. The number of hydrogen-bond acceptors (Lipinski definition) is 6. The van der Waals surface area contributed by atoms with Gasteiger partial charge < -0.3 is 14.8 Å². The Morgan fingerprint density at radius 1 is 1.12 bits per heavy atom. The number of aryl methyl sites for hydroxylation is 2. The van der Waals surface area contributed by atoms with Crippen molar-refractivity contribution in [2.75, 3.05) is 12.1 Å². The molecule has 8 heteroatoms. The Balaban J connectivity index is 1.44. The van der Waals surface area contributed by atoms with E-state index >= 15 is 0 Å². The van der Waals surface area contributed by atoms with Gasteiger partial charge >= 0.3 is 0 Å². The van der Waals surface area contributed by atoms with Crippen molar-refractivity contribution in [1.82, 2.24) is 20.2 Å². The van der Waals surface area contributed by atoms with Gasteiger partial charge in [-0.05, 0) is 60.5 Å². The highest BCUT2D eigenvalue weighted by molar-refractivity contribution is 5.90. The number of carbonyl (C=O) groups is 1. The molecule has 2 aromatic carbocycles.